The van der Waals surface area contributed by atoms with Gasteiger partial charge in [0.2, 0.25) is 11.8 Å². The van der Waals surface area contributed by atoms with E-state index in [1.54, 1.807) is 6.92 Å². The Hall–Kier alpha value is -3.32. The Labute approximate surface area is 213 Å². The lowest BCUT2D eigenvalue weighted by molar-refractivity contribution is -0.175. The zero-order valence-electron chi connectivity index (χ0n) is 20.3. The number of anilines is 2. The number of rotatable bonds is 4. The van der Waals surface area contributed by atoms with Crippen LogP contribution in [0.3, 0.4) is 0 Å². The molecule has 1 aliphatic carbocycles. The number of fused-ring (bicyclic) bond motifs is 3. The topological polar surface area (TPSA) is 84.9 Å². The van der Waals surface area contributed by atoms with Crippen LogP contribution < -0.4 is 10.2 Å². The molecule has 4 heterocycles. The van der Waals surface area contributed by atoms with Crippen LogP contribution in [-0.2, 0) is 6.18 Å². The summed E-state index contributed by atoms with van der Waals surface area (Å²) in [6, 6.07) is 3.09. The Morgan fingerprint density at radius 3 is 2.18 bits per heavy atom. The summed E-state index contributed by atoms with van der Waals surface area (Å²) in [5, 5.41) is 15.5. The smallest absolute Gasteiger partial charge is 0.408 e. The molecule has 204 valence electrons. The van der Waals surface area contributed by atoms with Gasteiger partial charge in [-0.15, -0.1) is 10.2 Å². The number of piperidine rings is 1. The standard InChI is InChI=1S/C24H25F6N7O/c1-12-33-34-22(38-12)36-10-14-2-3-15(11-36)19(14)31-21-32-20-17(8-9-18(24(28,29)30)37(20)35-21)13-4-6-16(7-5-13)23(25,26)27/h4-7,14-15,17-19H,2-3,8-11H2,1H3,(H,31,35)/t14-,15+,17?,18?,19-. The number of nitrogens with zero attached hydrogens (tertiary/aromatic N) is 6. The van der Waals surface area contributed by atoms with Gasteiger partial charge in [0, 0.05) is 32.0 Å². The fourth-order valence-corrected chi connectivity index (χ4v) is 6.14. The van der Waals surface area contributed by atoms with Crippen molar-refractivity contribution >= 4 is 12.0 Å². The Morgan fingerprint density at radius 1 is 0.921 bits per heavy atom. The average molecular weight is 542 g/mol. The molecule has 2 unspecified atom stereocenters. The molecule has 5 atom stereocenters. The average Bonchev–Trinajstić information content (AvgIpc) is 3.53. The third-order valence-electron chi connectivity index (χ3n) is 7.93. The molecule has 2 fully saturated rings. The molecule has 6 rings (SSSR count). The van der Waals surface area contributed by atoms with Crippen LogP contribution in [0.4, 0.5) is 38.3 Å². The highest BCUT2D eigenvalue weighted by Crippen LogP contribution is 2.45. The molecule has 3 aromatic rings. The molecule has 2 bridgehead atoms. The van der Waals surface area contributed by atoms with Crippen molar-refractivity contribution in [3.05, 3.63) is 47.1 Å². The van der Waals surface area contributed by atoms with E-state index in [0.717, 1.165) is 29.7 Å². The van der Waals surface area contributed by atoms with Crippen molar-refractivity contribution in [1.29, 1.82) is 0 Å². The first-order valence-electron chi connectivity index (χ1n) is 12.5. The van der Waals surface area contributed by atoms with Gasteiger partial charge < -0.3 is 14.6 Å². The van der Waals surface area contributed by atoms with Gasteiger partial charge in [0.15, 0.2) is 0 Å². The van der Waals surface area contributed by atoms with Crippen molar-refractivity contribution < 1.29 is 30.8 Å². The first-order chi connectivity index (χ1) is 18.0. The van der Waals surface area contributed by atoms with Crippen LogP contribution in [0.25, 0.3) is 0 Å². The second kappa shape index (κ2) is 8.87. The molecule has 1 aromatic carbocycles. The highest BCUT2D eigenvalue weighted by molar-refractivity contribution is 5.37. The van der Waals surface area contributed by atoms with Gasteiger partial charge in [-0.3, -0.25) is 0 Å². The molecule has 2 aliphatic heterocycles. The van der Waals surface area contributed by atoms with E-state index in [1.165, 1.54) is 12.1 Å². The summed E-state index contributed by atoms with van der Waals surface area (Å²) in [6.45, 7) is 3.03. The highest BCUT2D eigenvalue weighted by Gasteiger charge is 2.48. The lowest BCUT2D eigenvalue weighted by Gasteiger charge is -2.37. The predicted octanol–water partition coefficient (Wildman–Crippen LogP) is 5.34. The number of hydrogen-bond donors (Lipinski definition) is 1. The summed E-state index contributed by atoms with van der Waals surface area (Å²) in [7, 11) is 0. The van der Waals surface area contributed by atoms with Gasteiger partial charge in [-0.25, -0.2) is 4.68 Å². The molecular formula is C24H25F6N7O. The zero-order chi connectivity index (χ0) is 26.8. The van der Waals surface area contributed by atoms with Crippen LogP contribution in [0, 0.1) is 18.8 Å². The molecule has 1 saturated heterocycles. The molecule has 3 aliphatic rings. The van der Waals surface area contributed by atoms with Gasteiger partial charge in [0.25, 0.3) is 0 Å². The van der Waals surface area contributed by atoms with Crippen LogP contribution in [0.5, 0.6) is 0 Å². The Balaban J connectivity index is 1.26. The van der Waals surface area contributed by atoms with Gasteiger partial charge in [-0.05, 0) is 55.2 Å². The molecular weight excluding hydrogens is 516 g/mol. The van der Waals surface area contributed by atoms with Gasteiger partial charge in [-0.2, -0.15) is 31.3 Å². The summed E-state index contributed by atoms with van der Waals surface area (Å²) in [5.41, 5.74) is -0.339. The predicted molar refractivity (Wildman–Crippen MR) is 123 cm³/mol. The second-order valence-corrected chi connectivity index (χ2v) is 10.3. The van der Waals surface area contributed by atoms with Crippen molar-refractivity contribution in [2.75, 3.05) is 23.3 Å². The van der Waals surface area contributed by atoms with E-state index in [2.05, 4.69) is 25.6 Å². The molecule has 0 amide bonds. The monoisotopic (exact) mass is 541 g/mol. The molecule has 1 saturated carbocycles. The number of alkyl halides is 6. The third kappa shape index (κ3) is 4.47. The number of benzene rings is 1. The largest absolute Gasteiger partial charge is 0.416 e. The number of halogens is 6. The van der Waals surface area contributed by atoms with Gasteiger partial charge in [0.05, 0.1) is 5.56 Å². The fraction of sp³-hybridized carbons (Fsp3) is 0.583. The first-order valence-corrected chi connectivity index (χ1v) is 12.5. The number of hydrogen-bond acceptors (Lipinski definition) is 7. The molecule has 38 heavy (non-hydrogen) atoms. The minimum atomic E-state index is -4.53. The van der Waals surface area contributed by atoms with E-state index in [1.807, 2.05) is 4.90 Å². The normalized spacial score (nSPS) is 27.4. The number of nitrogens with one attached hydrogen (secondary N) is 1. The van der Waals surface area contributed by atoms with Gasteiger partial charge in [-0.1, -0.05) is 17.2 Å². The van der Waals surface area contributed by atoms with Crippen molar-refractivity contribution in [3.63, 3.8) is 0 Å². The van der Waals surface area contributed by atoms with Crippen molar-refractivity contribution in [2.45, 2.75) is 63.0 Å². The van der Waals surface area contributed by atoms with Crippen LogP contribution in [-0.4, -0.2) is 50.3 Å². The molecule has 1 N–H and O–H groups in total. The van der Waals surface area contributed by atoms with Crippen LogP contribution >= 0.6 is 0 Å². The Bertz CT molecular complexity index is 1290. The number of aryl methyl sites for hydroxylation is 1. The maximum absolute atomic E-state index is 13.9. The molecule has 14 heteroatoms. The van der Waals surface area contributed by atoms with Crippen LogP contribution in [0.15, 0.2) is 28.7 Å². The summed E-state index contributed by atoms with van der Waals surface area (Å²) in [6.07, 6.45) is -7.31. The van der Waals surface area contributed by atoms with E-state index in [-0.39, 0.29) is 42.5 Å². The second-order valence-electron chi connectivity index (χ2n) is 10.3. The summed E-state index contributed by atoms with van der Waals surface area (Å²) < 4.78 is 87.2. The Morgan fingerprint density at radius 2 is 1.61 bits per heavy atom. The highest BCUT2D eigenvalue weighted by atomic mass is 19.4. The fourth-order valence-electron chi connectivity index (χ4n) is 6.14. The summed E-state index contributed by atoms with van der Waals surface area (Å²) in [4.78, 5) is 6.51. The van der Waals surface area contributed by atoms with Crippen molar-refractivity contribution in [1.82, 2.24) is 25.0 Å². The Kier molecular flexibility index (Phi) is 5.83. The third-order valence-corrected chi connectivity index (χ3v) is 7.93. The summed E-state index contributed by atoms with van der Waals surface area (Å²) in [5.74, 6) is 0.459. The minimum Gasteiger partial charge on any atom is -0.408 e. The number of aromatic nitrogens is 5. The van der Waals surface area contributed by atoms with Crippen molar-refractivity contribution in [3.8, 4) is 0 Å². The molecule has 0 radical (unpaired) electrons. The van der Waals surface area contributed by atoms with E-state index in [4.69, 9.17) is 4.42 Å². The van der Waals surface area contributed by atoms with E-state index < -0.39 is 29.9 Å². The van der Waals surface area contributed by atoms with Crippen LogP contribution in [0.2, 0.25) is 0 Å². The molecule has 0 spiro atoms. The first kappa shape index (κ1) is 25.0. The molecule has 8 nitrogen and oxygen atoms in total. The SMILES string of the molecule is Cc1nnc(N2C[C@H]3CC[C@@H](C2)[C@@H]3Nc2nc3n(n2)C(C(F)(F)F)CCC3c2ccc(C(F)(F)F)cc2)o1. The quantitative estimate of drug-likeness (QED) is 0.446. The maximum atomic E-state index is 13.9. The van der Waals surface area contributed by atoms with E-state index in [9.17, 15) is 26.3 Å². The zero-order valence-corrected chi connectivity index (χ0v) is 20.3. The van der Waals surface area contributed by atoms with Gasteiger partial charge >= 0.3 is 18.4 Å². The minimum absolute atomic E-state index is 0.0337. The van der Waals surface area contributed by atoms with Crippen molar-refractivity contribution in [2.24, 2.45) is 11.8 Å². The van der Waals surface area contributed by atoms with Crippen LogP contribution in [0.1, 0.15) is 60.5 Å². The lowest BCUT2D eigenvalue weighted by Crippen LogP contribution is -2.48. The lowest BCUT2D eigenvalue weighted by atomic mass is 9.88. The van der Waals surface area contributed by atoms with Gasteiger partial charge in [0.1, 0.15) is 11.9 Å². The molecule has 2 aromatic heterocycles. The van der Waals surface area contributed by atoms with E-state index >= 15 is 0 Å². The van der Waals surface area contributed by atoms with E-state index in [0.29, 0.717) is 30.6 Å². The summed E-state index contributed by atoms with van der Waals surface area (Å²) >= 11 is 0. The maximum Gasteiger partial charge on any atom is 0.416 e.